The minimum absolute atomic E-state index is 0.218. The summed E-state index contributed by atoms with van der Waals surface area (Å²) in [4.78, 5) is 8.07. The third-order valence-corrected chi connectivity index (χ3v) is 4.75. The van der Waals surface area contributed by atoms with Crippen LogP contribution < -0.4 is 10.6 Å². The molecule has 1 heterocycles. The summed E-state index contributed by atoms with van der Waals surface area (Å²) in [5.41, 5.74) is 0. The first-order chi connectivity index (χ1) is 10.1. The predicted octanol–water partition coefficient (Wildman–Crippen LogP) is 2.23. The molecule has 0 bridgehead atoms. The molecule has 1 saturated carbocycles. The van der Waals surface area contributed by atoms with Gasteiger partial charge in [0.1, 0.15) is 5.82 Å². The maximum absolute atomic E-state index is 12.7. The number of nitrogens with zero attached hydrogens (tertiary/aromatic N) is 3. The Bertz CT molecular complexity index is 477. The lowest BCUT2D eigenvalue weighted by molar-refractivity contribution is 0.0668. The van der Waals surface area contributed by atoms with Crippen LogP contribution >= 0.6 is 11.8 Å². The number of nitrogens with one attached hydrogen (secondary N) is 2. The minimum Gasteiger partial charge on any atom is -0.354 e. The fraction of sp³-hybridized carbons (Fsp3) is 0.692. The maximum Gasteiger partial charge on any atom is 0.319 e. The maximum atomic E-state index is 12.7. The van der Waals surface area contributed by atoms with E-state index < -0.39 is 6.55 Å². The van der Waals surface area contributed by atoms with Crippen LogP contribution in [-0.4, -0.2) is 40.1 Å². The summed E-state index contributed by atoms with van der Waals surface area (Å²) in [7, 11) is 1.68. The number of rotatable bonds is 5. The molecule has 0 radical (unpaired) electrons. The molecule has 2 atom stereocenters. The fourth-order valence-electron chi connectivity index (χ4n) is 2.49. The Hall–Kier alpha value is -1.31. The molecule has 0 spiro atoms. The molecule has 5 nitrogen and oxygen atoms in total. The third-order valence-electron chi connectivity index (χ3n) is 3.66. The molecule has 0 aliphatic heterocycles. The SMILES string of the molecule is CN=C(NCc1nccn1C(F)F)NC1CCC(SC)C1. The average Bonchev–Trinajstić information content (AvgIpc) is 3.12. The van der Waals surface area contributed by atoms with Crippen molar-refractivity contribution in [1.82, 2.24) is 20.2 Å². The van der Waals surface area contributed by atoms with E-state index in [2.05, 4.69) is 26.9 Å². The molecule has 2 unspecified atom stereocenters. The first-order valence-corrected chi connectivity index (χ1v) is 8.22. The summed E-state index contributed by atoms with van der Waals surface area (Å²) in [6.07, 6.45) is 8.19. The van der Waals surface area contributed by atoms with Gasteiger partial charge < -0.3 is 10.6 Å². The van der Waals surface area contributed by atoms with Gasteiger partial charge in [-0.2, -0.15) is 20.5 Å². The van der Waals surface area contributed by atoms with E-state index in [1.165, 1.54) is 18.8 Å². The van der Waals surface area contributed by atoms with Crippen LogP contribution in [0.5, 0.6) is 0 Å². The number of imidazole rings is 1. The molecule has 0 aromatic carbocycles. The van der Waals surface area contributed by atoms with Gasteiger partial charge in [-0.3, -0.25) is 9.56 Å². The molecule has 1 aromatic rings. The summed E-state index contributed by atoms with van der Waals surface area (Å²) in [6, 6.07) is 0.392. The van der Waals surface area contributed by atoms with Crippen LogP contribution in [-0.2, 0) is 6.54 Å². The molecule has 0 saturated heterocycles. The number of guanidine groups is 1. The van der Waals surface area contributed by atoms with Crippen molar-refractivity contribution < 1.29 is 8.78 Å². The zero-order valence-corrected chi connectivity index (χ0v) is 13.0. The van der Waals surface area contributed by atoms with E-state index in [0.717, 1.165) is 17.4 Å². The van der Waals surface area contributed by atoms with Crippen molar-refractivity contribution in [1.29, 1.82) is 0 Å². The van der Waals surface area contributed by atoms with Crippen molar-refractivity contribution in [3.63, 3.8) is 0 Å². The monoisotopic (exact) mass is 317 g/mol. The van der Waals surface area contributed by atoms with Crippen LogP contribution in [0.25, 0.3) is 0 Å². The first kappa shape index (κ1) is 16.1. The van der Waals surface area contributed by atoms with E-state index in [1.807, 2.05) is 11.8 Å². The predicted molar refractivity (Wildman–Crippen MR) is 81.8 cm³/mol. The van der Waals surface area contributed by atoms with Crippen LogP contribution in [0.4, 0.5) is 8.78 Å². The van der Waals surface area contributed by atoms with Crippen LogP contribution in [0, 0.1) is 0 Å². The number of hydrogen-bond acceptors (Lipinski definition) is 3. The van der Waals surface area contributed by atoms with E-state index in [0.29, 0.717) is 23.1 Å². The highest BCUT2D eigenvalue weighted by molar-refractivity contribution is 7.99. The second kappa shape index (κ2) is 7.63. The Labute approximate surface area is 127 Å². The van der Waals surface area contributed by atoms with E-state index >= 15 is 0 Å². The largest absolute Gasteiger partial charge is 0.354 e. The van der Waals surface area contributed by atoms with Gasteiger partial charge in [0.05, 0.1) is 6.54 Å². The summed E-state index contributed by atoms with van der Waals surface area (Å²) in [5.74, 6) is 0.923. The average molecular weight is 317 g/mol. The topological polar surface area (TPSA) is 54.2 Å². The van der Waals surface area contributed by atoms with Gasteiger partial charge in [0.15, 0.2) is 5.96 Å². The van der Waals surface area contributed by atoms with Crippen molar-refractivity contribution in [2.75, 3.05) is 13.3 Å². The molecule has 8 heteroatoms. The normalized spacial score (nSPS) is 22.8. The number of aliphatic imine (C=N–C) groups is 1. The van der Waals surface area contributed by atoms with E-state index in [1.54, 1.807) is 7.05 Å². The molecule has 1 fully saturated rings. The quantitative estimate of drug-likeness (QED) is 0.646. The molecule has 21 heavy (non-hydrogen) atoms. The molecule has 2 N–H and O–H groups in total. The molecule has 1 aliphatic rings. The molecular weight excluding hydrogens is 296 g/mol. The highest BCUT2D eigenvalue weighted by Crippen LogP contribution is 2.28. The van der Waals surface area contributed by atoms with Crippen LogP contribution in [0.1, 0.15) is 31.6 Å². The zero-order valence-electron chi connectivity index (χ0n) is 12.2. The summed E-state index contributed by atoms with van der Waals surface area (Å²) < 4.78 is 26.3. The Morgan fingerprint density at radius 1 is 1.57 bits per heavy atom. The second-order valence-electron chi connectivity index (χ2n) is 4.97. The van der Waals surface area contributed by atoms with Gasteiger partial charge in [0.2, 0.25) is 0 Å². The number of aromatic nitrogens is 2. The van der Waals surface area contributed by atoms with Gasteiger partial charge in [-0.25, -0.2) is 4.98 Å². The lowest BCUT2D eigenvalue weighted by Gasteiger charge is -2.17. The number of alkyl halides is 2. The van der Waals surface area contributed by atoms with E-state index in [-0.39, 0.29) is 6.54 Å². The molecular formula is C13H21F2N5S. The van der Waals surface area contributed by atoms with Crippen LogP contribution in [0.3, 0.4) is 0 Å². The molecule has 1 aromatic heterocycles. The second-order valence-corrected chi connectivity index (χ2v) is 6.10. The van der Waals surface area contributed by atoms with Crippen molar-refractivity contribution >= 4 is 17.7 Å². The standard InChI is InChI=1S/C13H21F2N5S/c1-16-13(19-9-3-4-10(7-9)21-2)18-8-11-17-5-6-20(11)12(14)15/h5-6,9-10,12H,3-4,7-8H2,1-2H3,(H2,16,18,19). The Balaban J connectivity index is 1.84. The Kier molecular flexibility index (Phi) is 5.84. The van der Waals surface area contributed by atoms with Crippen LogP contribution in [0.2, 0.25) is 0 Å². The van der Waals surface area contributed by atoms with Gasteiger partial charge in [-0.15, -0.1) is 0 Å². The Morgan fingerprint density at radius 2 is 2.38 bits per heavy atom. The smallest absolute Gasteiger partial charge is 0.319 e. The molecule has 0 amide bonds. The number of thioether (sulfide) groups is 1. The van der Waals surface area contributed by atoms with Gasteiger partial charge in [0.25, 0.3) is 0 Å². The summed E-state index contributed by atoms with van der Waals surface area (Å²) in [6.45, 7) is -2.35. The summed E-state index contributed by atoms with van der Waals surface area (Å²) in [5, 5.41) is 7.08. The van der Waals surface area contributed by atoms with Crippen molar-refractivity contribution in [3.8, 4) is 0 Å². The van der Waals surface area contributed by atoms with Gasteiger partial charge in [-0.1, -0.05) is 0 Å². The first-order valence-electron chi connectivity index (χ1n) is 6.94. The van der Waals surface area contributed by atoms with Gasteiger partial charge in [0, 0.05) is 30.7 Å². The highest BCUT2D eigenvalue weighted by Gasteiger charge is 2.24. The summed E-state index contributed by atoms with van der Waals surface area (Å²) >= 11 is 1.89. The van der Waals surface area contributed by atoms with Gasteiger partial charge in [-0.05, 0) is 25.5 Å². The zero-order chi connectivity index (χ0) is 15.2. The lowest BCUT2D eigenvalue weighted by atomic mass is 10.2. The van der Waals surface area contributed by atoms with Crippen molar-refractivity contribution in [2.45, 2.75) is 43.6 Å². The fourth-order valence-corrected chi connectivity index (χ4v) is 3.29. The number of hydrogen-bond donors (Lipinski definition) is 2. The van der Waals surface area contributed by atoms with Crippen molar-refractivity contribution in [2.24, 2.45) is 4.99 Å². The third kappa shape index (κ3) is 4.33. The highest BCUT2D eigenvalue weighted by atomic mass is 32.2. The molecule has 118 valence electrons. The van der Waals surface area contributed by atoms with E-state index in [4.69, 9.17) is 0 Å². The minimum atomic E-state index is -2.57. The van der Waals surface area contributed by atoms with E-state index in [9.17, 15) is 8.78 Å². The lowest BCUT2D eigenvalue weighted by Crippen LogP contribution is -2.42. The van der Waals surface area contributed by atoms with Crippen LogP contribution in [0.15, 0.2) is 17.4 Å². The number of halogens is 2. The molecule has 1 aliphatic carbocycles. The molecule has 2 rings (SSSR count). The Morgan fingerprint density at radius 3 is 3.00 bits per heavy atom. The van der Waals surface area contributed by atoms with Gasteiger partial charge >= 0.3 is 6.55 Å². The van der Waals surface area contributed by atoms with Crippen molar-refractivity contribution in [3.05, 3.63) is 18.2 Å².